The highest BCUT2D eigenvalue weighted by Crippen LogP contribution is 2.41. The Labute approximate surface area is 112 Å². The van der Waals surface area contributed by atoms with E-state index in [-0.39, 0.29) is 21.5 Å². The molecule has 1 aliphatic heterocycles. The van der Waals surface area contributed by atoms with E-state index in [9.17, 15) is 10.1 Å². The third-order valence-corrected chi connectivity index (χ3v) is 4.69. The van der Waals surface area contributed by atoms with E-state index in [1.807, 2.05) is 12.1 Å². The summed E-state index contributed by atoms with van der Waals surface area (Å²) in [5, 5.41) is 14.4. The minimum atomic E-state index is -0.326. The van der Waals surface area contributed by atoms with E-state index in [2.05, 4.69) is 35.1 Å². The zero-order valence-corrected chi connectivity index (χ0v) is 12.0. The van der Waals surface area contributed by atoms with Crippen LogP contribution in [0.4, 0.5) is 5.69 Å². The lowest BCUT2D eigenvalue weighted by molar-refractivity contribution is -0.385. The third-order valence-electron chi connectivity index (χ3n) is 2.60. The first-order chi connectivity index (χ1) is 7.89. The maximum atomic E-state index is 11.0. The molecule has 0 aliphatic carbocycles. The first-order valence-electron chi connectivity index (χ1n) is 5.22. The molecule has 1 aliphatic rings. The van der Waals surface area contributed by atoms with Crippen LogP contribution in [-0.4, -0.2) is 16.2 Å². The summed E-state index contributed by atoms with van der Waals surface area (Å²) >= 11 is 4.97. The fourth-order valence-corrected chi connectivity index (χ4v) is 3.59. The molecule has 4 nitrogen and oxygen atoms in total. The second-order valence-electron chi connectivity index (χ2n) is 4.68. The smallest absolute Gasteiger partial charge is 0.276 e. The Bertz CT molecular complexity index is 465. The molecule has 6 heteroatoms. The summed E-state index contributed by atoms with van der Waals surface area (Å²) in [4.78, 5) is 10.7. The molecular formula is C11H13BrN2O2S. The van der Waals surface area contributed by atoms with Crippen LogP contribution in [0.5, 0.6) is 0 Å². The van der Waals surface area contributed by atoms with Crippen molar-refractivity contribution in [2.45, 2.75) is 24.8 Å². The van der Waals surface area contributed by atoms with Crippen molar-refractivity contribution in [2.75, 3.05) is 5.75 Å². The van der Waals surface area contributed by atoms with Crippen molar-refractivity contribution in [3.05, 3.63) is 38.3 Å². The summed E-state index contributed by atoms with van der Waals surface area (Å²) in [6.45, 7) is 4.20. The molecule has 0 amide bonds. The summed E-state index contributed by atoms with van der Waals surface area (Å²) in [5.41, 5.74) is 0.937. The highest BCUT2D eigenvalue weighted by Gasteiger charge is 2.34. The number of halogens is 1. The van der Waals surface area contributed by atoms with Gasteiger partial charge in [0.05, 0.1) is 15.9 Å². The molecule has 2 rings (SSSR count). The molecule has 1 heterocycles. The minimum absolute atomic E-state index is 0.00139. The van der Waals surface area contributed by atoms with E-state index in [1.54, 1.807) is 17.8 Å². The fourth-order valence-electron chi connectivity index (χ4n) is 1.79. The van der Waals surface area contributed by atoms with Crippen LogP contribution < -0.4 is 5.32 Å². The van der Waals surface area contributed by atoms with Crippen LogP contribution >= 0.6 is 27.7 Å². The van der Waals surface area contributed by atoms with Crippen molar-refractivity contribution in [1.82, 2.24) is 5.32 Å². The summed E-state index contributed by atoms with van der Waals surface area (Å²) in [6, 6.07) is 5.22. The molecule has 1 aromatic rings. The van der Waals surface area contributed by atoms with Gasteiger partial charge in [-0.25, -0.2) is 0 Å². The van der Waals surface area contributed by atoms with Gasteiger partial charge in [0, 0.05) is 21.8 Å². The molecule has 1 aromatic carbocycles. The van der Waals surface area contributed by atoms with Gasteiger partial charge in [0.15, 0.2) is 0 Å². The predicted octanol–water partition coefficient (Wildman–Crippen LogP) is 3.47. The summed E-state index contributed by atoms with van der Waals surface area (Å²) in [7, 11) is 0. The molecule has 17 heavy (non-hydrogen) atoms. The summed E-state index contributed by atoms with van der Waals surface area (Å²) in [6.07, 6.45) is 0. The molecule has 92 valence electrons. The van der Waals surface area contributed by atoms with Crippen molar-refractivity contribution in [1.29, 1.82) is 0 Å². The van der Waals surface area contributed by atoms with E-state index < -0.39 is 0 Å². The zero-order chi connectivity index (χ0) is 12.6. The van der Waals surface area contributed by atoms with Gasteiger partial charge >= 0.3 is 0 Å². The van der Waals surface area contributed by atoms with Crippen LogP contribution in [0.3, 0.4) is 0 Å². The van der Waals surface area contributed by atoms with Gasteiger partial charge in [-0.05, 0) is 26.0 Å². The van der Waals surface area contributed by atoms with Crippen LogP contribution in [0, 0.1) is 10.1 Å². The van der Waals surface area contributed by atoms with Crippen LogP contribution in [0.2, 0.25) is 0 Å². The Balaban J connectivity index is 2.36. The molecular weight excluding hydrogens is 304 g/mol. The number of benzene rings is 1. The van der Waals surface area contributed by atoms with Crippen LogP contribution in [0.15, 0.2) is 22.7 Å². The second kappa shape index (κ2) is 4.59. The van der Waals surface area contributed by atoms with Crippen molar-refractivity contribution < 1.29 is 4.92 Å². The molecule has 0 aromatic heterocycles. The SMILES string of the molecule is CC1(C)CSC(c2ccc(Br)cc2[N+](=O)[O-])N1. The average Bonchev–Trinajstić information content (AvgIpc) is 2.58. The normalized spacial score (nSPS) is 22.6. The summed E-state index contributed by atoms with van der Waals surface area (Å²) < 4.78 is 0.732. The molecule has 1 atom stereocenters. The molecule has 1 unspecified atom stereocenters. The van der Waals surface area contributed by atoms with Gasteiger partial charge < -0.3 is 0 Å². The second-order valence-corrected chi connectivity index (χ2v) is 6.69. The number of nitrogens with one attached hydrogen (secondary N) is 1. The molecule has 0 bridgehead atoms. The highest BCUT2D eigenvalue weighted by atomic mass is 79.9. The number of hydrogen-bond acceptors (Lipinski definition) is 4. The van der Waals surface area contributed by atoms with E-state index in [1.165, 1.54) is 0 Å². The van der Waals surface area contributed by atoms with Crippen LogP contribution in [0.25, 0.3) is 0 Å². The fraction of sp³-hybridized carbons (Fsp3) is 0.455. The predicted molar refractivity (Wildman–Crippen MR) is 73.2 cm³/mol. The van der Waals surface area contributed by atoms with Gasteiger partial charge in [-0.2, -0.15) is 0 Å². The van der Waals surface area contributed by atoms with Crippen molar-refractivity contribution in [2.24, 2.45) is 0 Å². The van der Waals surface area contributed by atoms with Crippen molar-refractivity contribution in [3.8, 4) is 0 Å². The number of rotatable bonds is 2. The van der Waals surface area contributed by atoms with E-state index in [0.29, 0.717) is 0 Å². The number of hydrogen-bond donors (Lipinski definition) is 1. The van der Waals surface area contributed by atoms with Crippen LogP contribution in [-0.2, 0) is 0 Å². The van der Waals surface area contributed by atoms with E-state index in [4.69, 9.17) is 0 Å². The maximum Gasteiger partial charge on any atom is 0.276 e. The highest BCUT2D eigenvalue weighted by molar-refractivity contribution is 9.10. The topological polar surface area (TPSA) is 55.2 Å². The zero-order valence-electron chi connectivity index (χ0n) is 9.57. The number of thioether (sulfide) groups is 1. The van der Waals surface area contributed by atoms with Crippen molar-refractivity contribution >= 4 is 33.4 Å². The Morgan fingerprint density at radius 3 is 2.82 bits per heavy atom. The lowest BCUT2D eigenvalue weighted by Gasteiger charge is -2.18. The summed E-state index contributed by atoms with van der Waals surface area (Å²) in [5.74, 6) is 0.949. The van der Waals surface area contributed by atoms with Gasteiger partial charge in [0.2, 0.25) is 0 Å². The van der Waals surface area contributed by atoms with Gasteiger partial charge in [0.25, 0.3) is 5.69 Å². The molecule has 0 spiro atoms. The Morgan fingerprint density at radius 1 is 1.59 bits per heavy atom. The van der Waals surface area contributed by atoms with Crippen LogP contribution in [0.1, 0.15) is 24.8 Å². The first-order valence-corrected chi connectivity index (χ1v) is 7.06. The molecule has 1 N–H and O–H groups in total. The number of nitro groups is 1. The monoisotopic (exact) mass is 316 g/mol. The molecule has 1 saturated heterocycles. The van der Waals surface area contributed by atoms with Gasteiger partial charge in [-0.15, -0.1) is 11.8 Å². The standard InChI is InChI=1S/C11H13BrN2O2S/c1-11(2)6-17-10(13-11)8-4-3-7(12)5-9(8)14(15)16/h3-5,10,13H,6H2,1-2H3. The molecule has 1 fully saturated rings. The first kappa shape index (κ1) is 12.9. The van der Waals surface area contributed by atoms with Crippen molar-refractivity contribution in [3.63, 3.8) is 0 Å². The average molecular weight is 317 g/mol. The number of nitro benzene ring substituents is 1. The lowest BCUT2D eigenvalue weighted by atomic mass is 10.1. The Morgan fingerprint density at radius 2 is 2.29 bits per heavy atom. The van der Waals surface area contributed by atoms with Gasteiger partial charge in [-0.3, -0.25) is 15.4 Å². The third kappa shape index (κ3) is 2.81. The van der Waals surface area contributed by atoms with E-state index in [0.717, 1.165) is 15.8 Å². The van der Waals surface area contributed by atoms with Gasteiger partial charge in [0.1, 0.15) is 0 Å². The minimum Gasteiger partial charge on any atom is -0.296 e. The maximum absolute atomic E-state index is 11.0. The largest absolute Gasteiger partial charge is 0.296 e. The van der Waals surface area contributed by atoms with E-state index >= 15 is 0 Å². The lowest BCUT2D eigenvalue weighted by Crippen LogP contribution is -2.36. The molecule has 0 saturated carbocycles. The molecule has 0 radical (unpaired) electrons. The quantitative estimate of drug-likeness (QED) is 0.670. The number of nitrogens with zero attached hydrogens (tertiary/aromatic N) is 1. The Hall–Kier alpha value is -0.590. The van der Waals surface area contributed by atoms with Gasteiger partial charge in [-0.1, -0.05) is 15.9 Å². The Kier molecular flexibility index (Phi) is 3.47.